The predicted octanol–water partition coefficient (Wildman–Crippen LogP) is 2.78. The van der Waals surface area contributed by atoms with Gasteiger partial charge in [0.05, 0.1) is 4.34 Å². The lowest BCUT2D eigenvalue weighted by molar-refractivity contribution is 0.0464. The molecule has 0 fully saturated rings. The van der Waals surface area contributed by atoms with Crippen molar-refractivity contribution in [3.63, 3.8) is 0 Å². The number of H-pyrrole nitrogens is 1. The summed E-state index contributed by atoms with van der Waals surface area (Å²) in [6.07, 6.45) is 1.68. The van der Waals surface area contributed by atoms with E-state index < -0.39 is 17.2 Å². The molecule has 1 N–H and O–H groups in total. The van der Waals surface area contributed by atoms with E-state index in [-0.39, 0.29) is 6.61 Å². The molecule has 0 saturated carbocycles. The number of halogens is 1. The molecule has 0 saturated heterocycles. The molecule has 0 atom stereocenters. The van der Waals surface area contributed by atoms with E-state index in [1.165, 1.54) is 4.57 Å². The quantitative estimate of drug-likeness (QED) is 0.604. The Morgan fingerprint density at radius 3 is 2.70 bits per heavy atom. The molecule has 0 aliphatic heterocycles. The van der Waals surface area contributed by atoms with Gasteiger partial charge in [-0.15, -0.1) is 11.3 Å². The molecule has 3 aromatic rings. The highest BCUT2D eigenvalue weighted by Gasteiger charge is 2.19. The highest BCUT2D eigenvalue weighted by Crippen LogP contribution is 2.22. The molecule has 0 aliphatic carbocycles. The van der Waals surface area contributed by atoms with Gasteiger partial charge >= 0.3 is 11.7 Å². The van der Waals surface area contributed by atoms with Crippen LogP contribution in [0.5, 0.6) is 0 Å². The van der Waals surface area contributed by atoms with E-state index in [0.29, 0.717) is 39.3 Å². The molecule has 3 heterocycles. The van der Waals surface area contributed by atoms with Gasteiger partial charge in [-0.05, 0) is 25.5 Å². The van der Waals surface area contributed by atoms with Crippen molar-refractivity contribution in [2.45, 2.75) is 46.4 Å². The minimum atomic E-state index is -0.515. The number of aromatic nitrogens is 4. The third-order valence-electron chi connectivity index (χ3n) is 4.12. The van der Waals surface area contributed by atoms with Crippen molar-refractivity contribution in [2.75, 3.05) is 0 Å². The average molecular weight is 411 g/mol. The number of hydrogen-bond donors (Lipinski definition) is 1. The smallest absolute Gasteiger partial charge is 0.348 e. The zero-order valence-corrected chi connectivity index (χ0v) is 16.5. The molecule has 10 heteroatoms. The third-order valence-corrected chi connectivity index (χ3v) is 5.33. The summed E-state index contributed by atoms with van der Waals surface area (Å²) in [5.74, 6) is -0.108. The number of rotatable bonds is 7. The number of aromatic amines is 1. The first-order chi connectivity index (χ1) is 13.0. The lowest BCUT2D eigenvalue weighted by atomic mass is 10.3. The number of ether oxygens (including phenoxy) is 1. The zero-order valence-electron chi connectivity index (χ0n) is 15.0. The monoisotopic (exact) mass is 410 g/mol. The summed E-state index contributed by atoms with van der Waals surface area (Å²) in [7, 11) is 0. The molecular weight excluding hydrogens is 392 g/mol. The normalized spacial score (nSPS) is 11.2. The second kappa shape index (κ2) is 8.10. The van der Waals surface area contributed by atoms with Crippen LogP contribution in [0.3, 0.4) is 0 Å². The van der Waals surface area contributed by atoms with Crippen molar-refractivity contribution < 1.29 is 9.53 Å². The van der Waals surface area contributed by atoms with Crippen LogP contribution in [0, 0.1) is 0 Å². The van der Waals surface area contributed by atoms with Crippen molar-refractivity contribution in [3.05, 3.63) is 48.0 Å². The van der Waals surface area contributed by atoms with Gasteiger partial charge in [-0.3, -0.25) is 14.3 Å². The van der Waals surface area contributed by atoms with Crippen molar-refractivity contribution in [1.29, 1.82) is 0 Å². The van der Waals surface area contributed by atoms with Crippen LogP contribution in [-0.4, -0.2) is 25.1 Å². The maximum Gasteiger partial charge on any atom is 0.348 e. The fourth-order valence-corrected chi connectivity index (χ4v) is 3.75. The first-order valence-electron chi connectivity index (χ1n) is 8.60. The molecule has 0 bridgehead atoms. The Morgan fingerprint density at radius 1 is 1.30 bits per heavy atom. The number of nitrogens with one attached hydrogen (secondary N) is 1. The maximum absolute atomic E-state index is 12.3. The lowest BCUT2D eigenvalue weighted by Gasteiger charge is -2.06. The maximum atomic E-state index is 12.3. The van der Waals surface area contributed by atoms with E-state index in [1.54, 1.807) is 16.7 Å². The molecule has 0 aromatic carbocycles. The minimum absolute atomic E-state index is 0.113. The van der Waals surface area contributed by atoms with E-state index in [0.717, 1.165) is 24.2 Å². The Labute approximate surface area is 163 Å². The summed E-state index contributed by atoms with van der Waals surface area (Å²) in [6.45, 7) is 4.66. The molecule has 144 valence electrons. The van der Waals surface area contributed by atoms with Crippen LogP contribution in [-0.2, 0) is 24.4 Å². The van der Waals surface area contributed by atoms with Crippen LogP contribution in [0.2, 0.25) is 4.34 Å². The van der Waals surface area contributed by atoms with Crippen molar-refractivity contribution in [2.24, 2.45) is 0 Å². The fraction of sp³-hybridized carbons (Fsp3) is 0.412. The predicted molar refractivity (Wildman–Crippen MR) is 104 cm³/mol. The van der Waals surface area contributed by atoms with Gasteiger partial charge in [0.1, 0.15) is 17.3 Å². The van der Waals surface area contributed by atoms with Gasteiger partial charge in [-0.1, -0.05) is 24.9 Å². The lowest BCUT2D eigenvalue weighted by Crippen LogP contribution is -2.31. The first kappa shape index (κ1) is 19.4. The fourth-order valence-electron chi connectivity index (χ4n) is 2.82. The number of carbonyl (C=O) groups is 1. The highest BCUT2D eigenvalue weighted by atomic mass is 35.5. The summed E-state index contributed by atoms with van der Waals surface area (Å²) in [4.78, 5) is 43.8. The number of thiophene rings is 1. The number of hydrogen-bond acceptors (Lipinski definition) is 6. The van der Waals surface area contributed by atoms with Crippen molar-refractivity contribution >= 4 is 40.1 Å². The van der Waals surface area contributed by atoms with Crippen LogP contribution in [0.15, 0.2) is 21.7 Å². The van der Waals surface area contributed by atoms with Gasteiger partial charge in [0, 0.05) is 13.1 Å². The average Bonchev–Trinajstić information content (AvgIpc) is 3.23. The molecule has 0 amide bonds. The van der Waals surface area contributed by atoms with Gasteiger partial charge in [-0.2, -0.15) is 0 Å². The number of imidazole rings is 1. The minimum Gasteiger partial charge on any atom is -0.453 e. The molecule has 3 rings (SSSR count). The first-order valence-corrected chi connectivity index (χ1v) is 9.80. The van der Waals surface area contributed by atoms with Crippen LogP contribution in [0.25, 0.3) is 11.2 Å². The van der Waals surface area contributed by atoms with E-state index >= 15 is 0 Å². The van der Waals surface area contributed by atoms with Crippen LogP contribution >= 0.6 is 22.9 Å². The van der Waals surface area contributed by atoms with Crippen molar-refractivity contribution in [3.8, 4) is 0 Å². The van der Waals surface area contributed by atoms with Gasteiger partial charge in [0.25, 0.3) is 5.56 Å². The number of unbranched alkanes of at least 4 members (excludes halogenated alkanes) is 1. The molecule has 3 aromatic heterocycles. The summed E-state index contributed by atoms with van der Waals surface area (Å²) < 4.78 is 8.93. The number of fused-ring (bicyclic) bond motifs is 1. The Balaban J connectivity index is 1.98. The Morgan fingerprint density at radius 2 is 2.07 bits per heavy atom. The molecule has 27 heavy (non-hydrogen) atoms. The van der Waals surface area contributed by atoms with E-state index in [9.17, 15) is 14.4 Å². The largest absolute Gasteiger partial charge is 0.453 e. The number of aryl methyl sites for hydroxylation is 2. The second-order valence-corrected chi connectivity index (χ2v) is 7.60. The summed E-state index contributed by atoms with van der Waals surface area (Å²) >= 11 is 6.96. The summed E-state index contributed by atoms with van der Waals surface area (Å²) in [5, 5.41) is 0. The Hall–Kier alpha value is -2.39. The van der Waals surface area contributed by atoms with Crippen LogP contribution in [0.4, 0.5) is 0 Å². The third kappa shape index (κ3) is 3.84. The number of carbonyl (C=O) groups excluding carboxylic acids is 1. The van der Waals surface area contributed by atoms with Crippen LogP contribution < -0.4 is 11.2 Å². The molecule has 0 spiro atoms. The number of esters is 1. The van der Waals surface area contributed by atoms with Gasteiger partial charge in [0.2, 0.25) is 0 Å². The zero-order chi connectivity index (χ0) is 19.6. The summed E-state index contributed by atoms with van der Waals surface area (Å²) in [5.41, 5.74) is -0.374. The molecule has 0 unspecified atom stereocenters. The SMILES string of the molecule is CCCCn1c(=O)[nH]c(=O)c2c1nc(COC(=O)c1ccc(Cl)s1)n2CC. The van der Waals surface area contributed by atoms with Gasteiger partial charge in [-0.25, -0.2) is 14.6 Å². The van der Waals surface area contributed by atoms with Crippen molar-refractivity contribution in [1.82, 2.24) is 19.1 Å². The second-order valence-electron chi connectivity index (χ2n) is 5.89. The van der Waals surface area contributed by atoms with Crippen LogP contribution in [0.1, 0.15) is 42.2 Å². The Bertz CT molecular complexity index is 1090. The van der Waals surface area contributed by atoms with E-state index in [1.807, 2.05) is 13.8 Å². The highest BCUT2D eigenvalue weighted by molar-refractivity contribution is 7.17. The van der Waals surface area contributed by atoms with E-state index in [4.69, 9.17) is 16.3 Å². The molecule has 0 radical (unpaired) electrons. The molecule has 0 aliphatic rings. The molecular formula is C17H19ClN4O4S. The van der Waals surface area contributed by atoms with E-state index in [2.05, 4.69) is 9.97 Å². The van der Waals surface area contributed by atoms with Gasteiger partial charge in [0.15, 0.2) is 11.2 Å². The standard InChI is InChI=1S/C17H19ClN4O4S/c1-3-5-8-22-14-13(15(23)20-17(22)25)21(4-2)12(19-14)9-26-16(24)10-6-7-11(18)27-10/h6-7H,3-5,8-9H2,1-2H3,(H,20,23,25). The molecule has 8 nitrogen and oxygen atoms in total. The Kier molecular flexibility index (Phi) is 5.81. The number of nitrogens with zero attached hydrogens (tertiary/aromatic N) is 3. The summed E-state index contributed by atoms with van der Waals surface area (Å²) in [6, 6.07) is 3.21. The topological polar surface area (TPSA) is 99.0 Å². The van der Waals surface area contributed by atoms with Gasteiger partial charge < -0.3 is 9.30 Å².